The fraction of sp³-hybridized carbons (Fsp3) is 0.545. The summed E-state index contributed by atoms with van der Waals surface area (Å²) in [6.45, 7) is 3.28. The summed E-state index contributed by atoms with van der Waals surface area (Å²) in [6.07, 6.45) is 4.29. The van der Waals surface area contributed by atoms with Crippen LogP contribution < -0.4 is 4.90 Å². The third-order valence-corrected chi connectivity index (χ3v) is 2.82. The predicted molar refractivity (Wildman–Crippen MR) is 65.0 cm³/mol. The van der Waals surface area contributed by atoms with Crippen molar-refractivity contribution < 1.29 is 0 Å². The van der Waals surface area contributed by atoms with E-state index in [1.807, 2.05) is 12.3 Å². The molecule has 1 heterocycles. The third-order valence-electron chi connectivity index (χ3n) is 2.22. The van der Waals surface area contributed by atoms with E-state index in [-0.39, 0.29) is 0 Å². The zero-order chi connectivity index (χ0) is 10.4. The van der Waals surface area contributed by atoms with E-state index < -0.39 is 0 Å². The summed E-state index contributed by atoms with van der Waals surface area (Å²) in [7, 11) is 2.10. The number of alkyl halides is 1. The number of nitrogens with zero attached hydrogens (tertiary/aromatic N) is 2. The molecule has 0 spiro atoms. The van der Waals surface area contributed by atoms with Gasteiger partial charge in [-0.3, -0.25) is 0 Å². The van der Waals surface area contributed by atoms with Gasteiger partial charge in [-0.1, -0.05) is 35.3 Å². The van der Waals surface area contributed by atoms with Gasteiger partial charge in [0.2, 0.25) is 0 Å². The highest BCUT2D eigenvalue weighted by Crippen LogP contribution is 2.18. The lowest BCUT2D eigenvalue weighted by molar-refractivity contribution is 0.757. The molecule has 14 heavy (non-hydrogen) atoms. The monoisotopic (exact) mass is 256 g/mol. The number of halogens is 1. The smallest absolute Gasteiger partial charge is 0.132 e. The second-order valence-electron chi connectivity index (χ2n) is 3.39. The highest BCUT2D eigenvalue weighted by molar-refractivity contribution is 9.08. The Morgan fingerprint density at radius 1 is 1.50 bits per heavy atom. The van der Waals surface area contributed by atoms with Gasteiger partial charge >= 0.3 is 0 Å². The maximum atomic E-state index is 4.40. The van der Waals surface area contributed by atoms with Crippen LogP contribution in [-0.4, -0.2) is 18.6 Å². The van der Waals surface area contributed by atoms with Crippen LogP contribution in [0.25, 0.3) is 0 Å². The molecular formula is C11H17BrN2. The number of aromatic nitrogens is 1. The van der Waals surface area contributed by atoms with E-state index in [1.54, 1.807) is 0 Å². The molecule has 2 nitrogen and oxygen atoms in total. The molecule has 0 fully saturated rings. The molecule has 0 N–H and O–H groups in total. The van der Waals surface area contributed by atoms with Gasteiger partial charge in [-0.15, -0.1) is 0 Å². The van der Waals surface area contributed by atoms with E-state index in [2.05, 4.69) is 45.9 Å². The molecule has 0 aromatic carbocycles. The van der Waals surface area contributed by atoms with E-state index >= 15 is 0 Å². The highest BCUT2D eigenvalue weighted by atomic mass is 79.9. The lowest BCUT2D eigenvalue weighted by Crippen LogP contribution is -2.20. The molecule has 1 aromatic heterocycles. The predicted octanol–water partition coefficient (Wildman–Crippen LogP) is 3.21. The van der Waals surface area contributed by atoms with Crippen molar-refractivity contribution in [2.24, 2.45) is 0 Å². The van der Waals surface area contributed by atoms with Gasteiger partial charge in [-0.2, -0.15) is 0 Å². The molecule has 0 amide bonds. The van der Waals surface area contributed by atoms with Crippen LogP contribution in [0, 0.1) is 0 Å². The standard InChI is InChI=1S/C11H17BrN2/c1-3-4-8-14(2)11-10(9-12)6-5-7-13-11/h5-7H,3-4,8-9H2,1-2H3. The molecule has 0 aliphatic carbocycles. The van der Waals surface area contributed by atoms with Crippen molar-refractivity contribution in [2.45, 2.75) is 25.1 Å². The molecule has 0 aliphatic heterocycles. The number of pyridine rings is 1. The second-order valence-corrected chi connectivity index (χ2v) is 3.96. The number of unbranched alkanes of at least 4 members (excludes halogenated alkanes) is 1. The third kappa shape index (κ3) is 2.98. The molecule has 3 heteroatoms. The highest BCUT2D eigenvalue weighted by Gasteiger charge is 2.06. The van der Waals surface area contributed by atoms with E-state index in [0.29, 0.717) is 0 Å². The summed E-state index contributed by atoms with van der Waals surface area (Å²) in [5.41, 5.74) is 1.26. The lowest BCUT2D eigenvalue weighted by Gasteiger charge is -2.19. The Hall–Kier alpha value is -0.570. The topological polar surface area (TPSA) is 16.1 Å². The maximum absolute atomic E-state index is 4.40. The molecule has 0 saturated carbocycles. The molecule has 0 aliphatic rings. The molecule has 0 bridgehead atoms. The quantitative estimate of drug-likeness (QED) is 0.753. The van der Waals surface area contributed by atoms with Crippen LogP contribution in [0.15, 0.2) is 18.3 Å². The van der Waals surface area contributed by atoms with Crippen molar-refractivity contribution in [1.29, 1.82) is 0 Å². The zero-order valence-corrected chi connectivity index (χ0v) is 10.4. The van der Waals surface area contributed by atoms with Crippen LogP contribution >= 0.6 is 15.9 Å². The van der Waals surface area contributed by atoms with Crippen molar-refractivity contribution in [1.82, 2.24) is 4.98 Å². The molecule has 0 unspecified atom stereocenters. The normalized spacial score (nSPS) is 10.2. The fourth-order valence-corrected chi connectivity index (χ4v) is 1.82. The molecular weight excluding hydrogens is 240 g/mol. The lowest BCUT2D eigenvalue weighted by atomic mass is 10.2. The Labute approximate surface area is 94.5 Å². The largest absolute Gasteiger partial charge is 0.359 e. The average Bonchev–Trinajstić information content (AvgIpc) is 2.25. The first-order chi connectivity index (χ1) is 6.79. The second kappa shape index (κ2) is 6.02. The minimum absolute atomic E-state index is 0.868. The van der Waals surface area contributed by atoms with Crippen molar-refractivity contribution in [2.75, 3.05) is 18.5 Å². The summed E-state index contributed by atoms with van der Waals surface area (Å²) >= 11 is 3.48. The minimum Gasteiger partial charge on any atom is -0.359 e. The van der Waals surface area contributed by atoms with Gasteiger partial charge in [-0.25, -0.2) is 4.98 Å². The van der Waals surface area contributed by atoms with Crippen molar-refractivity contribution in [3.63, 3.8) is 0 Å². The molecule has 1 aromatic rings. The Morgan fingerprint density at radius 3 is 2.93 bits per heavy atom. The van der Waals surface area contributed by atoms with Crippen LogP contribution in [-0.2, 0) is 5.33 Å². The number of rotatable bonds is 5. The van der Waals surface area contributed by atoms with Gasteiger partial charge in [0.15, 0.2) is 0 Å². The van der Waals surface area contributed by atoms with Gasteiger partial charge in [0.25, 0.3) is 0 Å². The fourth-order valence-electron chi connectivity index (χ4n) is 1.38. The number of anilines is 1. The van der Waals surface area contributed by atoms with Gasteiger partial charge in [0, 0.05) is 30.7 Å². The van der Waals surface area contributed by atoms with Gasteiger partial charge in [0.1, 0.15) is 5.82 Å². The van der Waals surface area contributed by atoms with Crippen LogP contribution in [0.3, 0.4) is 0 Å². The zero-order valence-electron chi connectivity index (χ0n) is 8.83. The molecule has 78 valence electrons. The summed E-state index contributed by atoms with van der Waals surface area (Å²) in [4.78, 5) is 6.62. The maximum Gasteiger partial charge on any atom is 0.132 e. The van der Waals surface area contributed by atoms with Crippen LogP contribution in [0.2, 0.25) is 0 Å². The van der Waals surface area contributed by atoms with Gasteiger partial charge in [0.05, 0.1) is 0 Å². The minimum atomic E-state index is 0.868. The Kier molecular flexibility index (Phi) is 4.94. The van der Waals surface area contributed by atoms with Crippen LogP contribution in [0.1, 0.15) is 25.3 Å². The Bertz CT molecular complexity index is 276. The SMILES string of the molecule is CCCCN(C)c1ncccc1CBr. The summed E-state index contributed by atoms with van der Waals surface area (Å²) in [6, 6.07) is 4.09. The summed E-state index contributed by atoms with van der Waals surface area (Å²) < 4.78 is 0. The van der Waals surface area contributed by atoms with Crippen molar-refractivity contribution in [3.8, 4) is 0 Å². The van der Waals surface area contributed by atoms with Crippen LogP contribution in [0.4, 0.5) is 5.82 Å². The summed E-state index contributed by atoms with van der Waals surface area (Å²) in [5, 5.41) is 0.868. The Morgan fingerprint density at radius 2 is 2.29 bits per heavy atom. The summed E-state index contributed by atoms with van der Waals surface area (Å²) in [5.74, 6) is 1.10. The molecule has 0 saturated heterocycles. The van der Waals surface area contributed by atoms with E-state index in [0.717, 1.165) is 17.7 Å². The van der Waals surface area contributed by atoms with Gasteiger partial charge in [-0.05, 0) is 12.5 Å². The Balaban J connectivity index is 2.72. The molecule has 0 radical (unpaired) electrons. The van der Waals surface area contributed by atoms with E-state index in [4.69, 9.17) is 0 Å². The van der Waals surface area contributed by atoms with Crippen molar-refractivity contribution in [3.05, 3.63) is 23.9 Å². The van der Waals surface area contributed by atoms with E-state index in [1.165, 1.54) is 18.4 Å². The average molecular weight is 257 g/mol. The first-order valence-corrected chi connectivity index (χ1v) is 6.12. The molecule has 1 rings (SSSR count). The van der Waals surface area contributed by atoms with Crippen molar-refractivity contribution >= 4 is 21.7 Å². The molecule has 0 atom stereocenters. The first-order valence-electron chi connectivity index (χ1n) is 5.00. The van der Waals surface area contributed by atoms with Crippen LogP contribution in [0.5, 0.6) is 0 Å². The van der Waals surface area contributed by atoms with Gasteiger partial charge < -0.3 is 4.90 Å². The number of hydrogen-bond acceptors (Lipinski definition) is 2. The number of hydrogen-bond donors (Lipinski definition) is 0. The van der Waals surface area contributed by atoms with E-state index in [9.17, 15) is 0 Å². The first kappa shape index (κ1) is 11.5.